The lowest BCUT2D eigenvalue weighted by Crippen LogP contribution is -2.04. The second-order valence-electron chi connectivity index (χ2n) is 5.37. The largest absolute Gasteiger partial charge is 0.400 e. The molecule has 2 rings (SSSR count). The van der Waals surface area contributed by atoms with Crippen LogP contribution in [0.25, 0.3) is 0 Å². The number of ketones is 1. The van der Waals surface area contributed by atoms with Gasteiger partial charge < -0.3 is 21.0 Å². The van der Waals surface area contributed by atoms with Crippen molar-refractivity contribution < 1.29 is 19.1 Å². The van der Waals surface area contributed by atoms with E-state index in [2.05, 4.69) is 16.9 Å². The lowest BCUT2D eigenvalue weighted by molar-refractivity contribution is -0.109. The molecule has 0 radical (unpaired) electrons. The van der Waals surface area contributed by atoms with Gasteiger partial charge >= 0.3 is 0 Å². The Bertz CT molecular complexity index is 812. The highest BCUT2D eigenvalue weighted by atomic mass is 32.1. The summed E-state index contributed by atoms with van der Waals surface area (Å²) in [5.74, 6) is -0.895. The molecule has 30 heavy (non-hydrogen) atoms. The summed E-state index contributed by atoms with van der Waals surface area (Å²) in [5, 5.41) is 10.5. The quantitative estimate of drug-likeness (QED) is 0.331. The number of carbonyl (C=O) groups excluding carboxylic acids is 2. The zero-order chi connectivity index (χ0) is 23.7. The van der Waals surface area contributed by atoms with E-state index in [1.165, 1.54) is 18.2 Å². The van der Waals surface area contributed by atoms with E-state index in [1.807, 2.05) is 33.8 Å². The van der Waals surface area contributed by atoms with Gasteiger partial charge in [0, 0.05) is 18.7 Å². The topological polar surface area (TPSA) is 105 Å². The zero-order valence-corrected chi connectivity index (χ0v) is 19.2. The van der Waals surface area contributed by atoms with Gasteiger partial charge in [0.25, 0.3) is 0 Å². The monoisotopic (exact) mass is 437 g/mol. The average Bonchev–Trinajstić information content (AvgIpc) is 3.15. The molecule has 166 valence electrons. The number of nitrogens with two attached hydrogens (primary N) is 1. The van der Waals surface area contributed by atoms with Crippen LogP contribution >= 0.6 is 11.3 Å². The van der Waals surface area contributed by atoms with Gasteiger partial charge in [0.15, 0.2) is 5.13 Å². The van der Waals surface area contributed by atoms with Crippen LogP contribution in [0.2, 0.25) is 0 Å². The number of allylic oxidation sites excluding steroid dienone is 3. The third kappa shape index (κ3) is 10.1. The lowest BCUT2D eigenvalue weighted by Gasteiger charge is -2.00. The smallest absolute Gasteiger partial charge is 0.209 e. The molecule has 0 saturated heterocycles. The van der Waals surface area contributed by atoms with Crippen LogP contribution in [-0.2, 0) is 4.79 Å². The van der Waals surface area contributed by atoms with Gasteiger partial charge in [-0.3, -0.25) is 4.79 Å². The summed E-state index contributed by atoms with van der Waals surface area (Å²) in [6.07, 6.45) is 4.33. The van der Waals surface area contributed by atoms with Crippen LogP contribution in [0.3, 0.4) is 0 Å². The summed E-state index contributed by atoms with van der Waals surface area (Å²) < 4.78 is 13.6. The molecule has 1 heterocycles. The molecule has 4 N–H and O–H groups in total. The molecular weight excluding hydrogens is 405 g/mol. The van der Waals surface area contributed by atoms with Crippen molar-refractivity contribution in [3.8, 4) is 0 Å². The van der Waals surface area contributed by atoms with Crippen LogP contribution in [0.4, 0.5) is 15.3 Å². The number of aliphatic hydroxyl groups excluding tert-OH is 1. The van der Waals surface area contributed by atoms with Gasteiger partial charge in [-0.05, 0) is 26.0 Å². The first kappa shape index (κ1) is 29.4. The number of thiazole rings is 1. The van der Waals surface area contributed by atoms with Crippen molar-refractivity contribution in [1.29, 1.82) is 0 Å². The van der Waals surface area contributed by atoms with Crippen molar-refractivity contribution in [2.24, 2.45) is 5.92 Å². The Labute approximate surface area is 182 Å². The maximum atomic E-state index is 13.6. The highest BCUT2D eigenvalue weighted by Gasteiger charge is 2.20. The molecule has 0 amide bonds. The van der Waals surface area contributed by atoms with Gasteiger partial charge in [0.2, 0.25) is 5.78 Å². The summed E-state index contributed by atoms with van der Waals surface area (Å²) >= 11 is 1.11. The molecule has 0 saturated carbocycles. The maximum absolute atomic E-state index is 13.6. The Morgan fingerprint density at radius 1 is 1.33 bits per heavy atom. The van der Waals surface area contributed by atoms with Gasteiger partial charge in [0.05, 0.1) is 5.56 Å². The molecular formula is C22H32FN3O3S. The number of rotatable bonds is 6. The molecule has 1 atom stereocenters. The first-order chi connectivity index (χ1) is 14.3. The molecule has 8 heteroatoms. The number of nitrogen functional groups attached to an aromatic ring is 1. The van der Waals surface area contributed by atoms with E-state index >= 15 is 0 Å². The van der Waals surface area contributed by atoms with E-state index in [4.69, 9.17) is 10.8 Å². The molecule has 2 aromatic rings. The summed E-state index contributed by atoms with van der Waals surface area (Å²) in [5.41, 5.74) is 6.63. The van der Waals surface area contributed by atoms with E-state index in [-0.39, 0.29) is 22.2 Å². The molecule has 0 aliphatic carbocycles. The number of hydrogen-bond donors (Lipinski definition) is 3. The molecule has 0 aliphatic rings. The van der Waals surface area contributed by atoms with Crippen molar-refractivity contribution in [2.45, 2.75) is 34.6 Å². The number of aromatic nitrogens is 1. The SMILES string of the molecule is C/C=C(\C)Nc1nc(N)c(C(=O)c2ccccc2F)s1.C=CC(C)C=O.CC.CO. The first-order valence-corrected chi connectivity index (χ1v) is 10.1. The fourth-order valence-electron chi connectivity index (χ4n) is 1.61. The number of aldehydes is 1. The van der Waals surface area contributed by atoms with Crippen molar-refractivity contribution in [3.63, 3.8) is 0 Å². The van der Waals surface area contributed by atoms with Crippen LogP contribution in [0.1, 0.15) is 49.9 Å². The number of nitrogens with one attached hydrogen (secondary N) is 1. The highest BCUT2D eigenvalue weighted by Crippen LogP contribution is 2.28. The molecule has 0 aliphatic heterocycles. The van der Waals surface area contributed by atoms with Gasteiger partial charge in [-0.2, -0.15) is 0 Å². The minimum atomic E-state index is -0.565. The molecule has 1 aromatic carbocycles. The van der Waals surface area contributed by atoms with E-state index in [9.17, 15) is 14.0 Å². The molecule has 0 fully saturated rings. The first-order valence-electron chi connectivity index (χ1n) is 9.32. The third-order valence-electron chi connectivity index (χ3n) is 3.30. The summed E-state index contributed by atoms with van der Waals surface area (Å²) in [6.45, 7) is 12.9. The number of hydrogen-bond acceptors (Lipinski definition) is 7. The third-order valence-corrected chi connectivity index (χ3v) is 4.29. The van der Waals surface area contributed by atoms with Crippen LogP contribution in [0.5, 0.6) is 0 Å². The number of benzene rings is 1. The normalized spacial score (nSPS) is 10.6. The fourth-order valence-corrected chi connectivity index (χ4v) is 2.51. The summed E-state index contributed by atoms with van der Waals surface area (Å²) in [4.78, 5) is 26.2. The van der Waals surface area contributed by atoms with Crippen molar-refractivity contribution in [2.75, 3.05) is 18.2 Å². The Balaban J connectivity index is 0. The van der Waals surface area contributed by atoms with Crippen LogP contribution in [-0.4, -0.2) is 29.3 Å². The van der Waals surface area contributed by atoms with Crippen LogP contribution in [0, 0.1) is 11.7 Å². The number of halogens is 1. The van der Waals surface area contributed by atoms with Crippen molar-refractivity contribution in [3.05, 3.63) is 65.0 Å². The zero-order valence-electron chi connectivity index (χ0n) is 18.4. The van der Waals surface area contributed by atoms with Crippen LogP contribution < -0.4 is 11.1 Å². The number of aliphatic hydroxyl groups is 1. The number of anilines is 2. The van der Waals surface area contributed by atoms with Gasteiger partial charge in [-0.25, -0.2) is 9.37 Å². The Hall–Kier alpha value is -2.84. The van der Waals surface area contributed by atoms with Crippen molar-refractivity contribution >= 4 is 34.4 Å². The van der Waals surface area contributed by atoms with E-state index in [1.54, 1.807) is 19.1 Å². The number of carbonyl (C=O) groups is 2. The maximum Gasteiger partial charge on any atom is 0.209 e. The predicted molar refractivity (Wildman–Crippen MR) is 124 cm³/mol. The minimum Gasteiger partial charge on any atom is -0.400 e. The summed E-state index contributed by atoms with van der Waals surface area (Å²) in [7, 11) is 1.00. The summed E-state index contributed by atoms with van der Waals surface area (Å²) in [6, 6.07) is 5.82. The molecule has 6 nitrogen and oxygen atoms in total. The molecule has 0 bridgehead atoms. The van der Waals surface area contributed by atoms with Crippen LogP contribution in [0.15, 0.2) is 48.7 Å². The average molecular weight is 438 g/mol. The lowest BCUT2D eigenvalue weighted by atomic mass is 10.1. The molecule has 0 spiro atoms. The Morgan fingerprint density at radius 3 is 2.33 bits per heavy atom. The molecule has 1 aromatic heterocycles. The Morgan fingerprint density at radius 2 is 1.90 bits per heavy atom. The number of nitrogens with zero attached hydrogens (tertiary/aromatic N) is 1. The molecule has 1 unspecified atom stereocenters. The van der Waals surface area contributed by atoms with E-state index in [0.29, 0.717) is 5.13 Å². The van der Waals surface area contributed by atoms with Crippen molar-refractivity contribution in [1.82, 2.24) is 4.98 Å². The van der Waals surface area contributed by atoms with Gasteiger partial charge in [0.1, 0.15) is 22.8 Å². The Kier molecular flexibility index (Phi) is 16.7. The second-order valence-corrected chi connectivity index (χ2v) is 6.37. The second kappa shape index (κ2) is 17.1. The fraction of sp³-hybridized carbons (Fsp3) is 0.318. The standard InChI is InChI=1S/C14H14FN3OS.C5H8O.C2H6.CH4O/c1-3-8(2)17-14-18-13(16)12(20-14)11(19)9-6-4-5-7-10(9)15;1-3-5(2)4-6;2*1-2/h3-7H,16H2,1-2H3,(H,17,18);3-5H,1H2,2H3;1-2H3;2H,1H3/b8-3+;;;. The van der Waals surface area contributed by atoms with Gasteiger partial charge in [-0.15, -0.1) is 6.58 Å². The van der Waals surface area contributed by atoms with E-state index < -0.39 is 11.6 Å². The van der Waals surface area contributed by atoms with Gasteiger partial charge in [-0.1, -0.05) is 56.4 Å². The minimum absolute atomic E-state index is 0.00263. The van der Waals surface area contributed by atoms with E-state index in [0.717, 1.165) is 30.4 Å². The highest BCUT2D eigenvalue weighted by molar-refractivity contribution is 7.18. The predicted octanol–water partition coefficient (Wildman–Crippen LogP) is 5.07.